The number of imide groups is 1. The summed E-state index contributed by atoms with van der Waals surface area (Å²) in [7, 11) is 0. The van der Waals surface area contributed by atoms with Crippen LogP contribution >= 0.6 is 0 Å². The zero-order chi connectivity index (χ0) is 15.0. The number of carboxylic acid groups (broad SMARTS) is 1. The van der Waals surface area contributed by atoms with Crippen molar-refractivity contribution in [1.82, 2.24) is 15.5 Å². The first-order valence-corrected chi connectivity index (χ1v) is 6.30. The van der Waals surface area contributed by atoms with Gasteiger partial charge in [-0.3, -0.25) is 15.0 Å². The number of carboxylic acids is 1. The van der Waals surface area contributed by atoms with Gasteiger partial charge in [-0.25, -0.2) is 9.59 Å². The van der Waals surface area contributed by atoms with E-state index < -0.39 is 17.9 Å². The number of hydrogen-bond donors (Lipinski definition) is 3. The lowest BCUT2D eigenvalue weighted by Gasteiger charge is -2.29. The summed E-state index contributed by atoms with van der Waals surface area (Å²) in [6.07, 6.45) is 1.45. The van der Waals surface area contributed by atoms with Gasteiger partial charge in [-0.2, -0.15) is 0 Å². The van der Waals surface area contributed by atoms with Crippen LogP contribution in [0.4, 0.5) is 4.79 Å². The molecule has 1 unspecified atom stereocenters. The molecular formula is C12H19N3O5. The maximum Gasteiger partial charge on any atom is 0.328 e. The predicted molar refractivity (Wildman–Crippen MR) is 70.2 cm³/mol. The normalized spacial score (nSPS) is 17.6. The van der Waals surface area contributed by atoms with E-state index in [4.69, 9.17) is 9.84 Å². The Morgan fingerprint density at radius 3 is 2.55 bits per heavy atom. The average molecular weight is 285 g/mol. The van der Waals surface area contributed by atoms with E-state index in [0.29, 0.717) is 25.8 Å². The molecule has 0 aromatic rings. The molecule has 1 rings (SSSR count). The second-order valence-corrected chi connectivity index (χ2v) is 4.45. The van der Waals surface area contributed by atoms with Crippen LogP contribution in [0.3, 0.4) is 0 Å². The lowest BCUT2D eigenvalue weighted by atomic mass is 10.3. The molecule has 112 valence electrons. The summed E-state index contributed by atoms with van der Waals surface area (Å²) in [5.41, 5.74) is 0. The number of morpholine rings is 1. The molecule has 1 heterocycles. The van der Waals surface area contributed by atoms with E-state index in [9.17, 15) is 14.4 Å². The second kappa shape index (κ2) is 8.28. The molecule has 3 amide bonds. The smallest absolute Gasteiger partial charge is 0.328 e. The zero-order valence-electron chi connectivity index (χ0n) is 11.3. The molecule has 1 fully saturated rings. The van der Waals surface area contributed by atoms with Gasteiger partial charge in [-0.15, -0.1) is 0 Å². The van der Waals surface area contributed by atoms with Crippen LogP contribution in [-0.2, 0) is 14.3 Å². The van der Waals surface area contributed by atoms with Gasteiger partial charge in [-0.05, 0) is 6.92 Å². The van der Waals surface area contributed by atoms with Gasteiger partial charge in [0.15, 0.2) is 0 Å². The van der Waals surface area contributed by atoms with Gasteiger partial charge >= 0.3 is 12.0 Å². The Labute approximate surface area is 116 Å². The minimum absolute atomic E-state index is 0.135. The van der Waals surface area contributed by atoms with Crippen molar-refractivity contribution in [3.63, 3.8) is 0 Å². The first-order valence-electron chi connectivity index (χ1n) is 6.30. The molecule has 0 aliphatic carbocycles. The van der Waals surface area contributed by atoms with Gasteiger partial charge in [0.2, 0.25) is 0 Å². The largest absolute Gasteiger partial charge is 0.478 e. The lowest BCUT2D eigenvalue weighted by molar-refractivity contribution is -0.131. The Morgan fingerprint density at radius 2 is 1.95 bits per heavy atom. The third kappa shape index (κ3) is 6.86. The third-order valence-electron chi connectivity index (χ3n) is 2.63. The highest BCUT2D eigenvalue weighted by molar-refractivity contribution is 6.02. The number of ether oxygens (including phenoxy) is 1. The molecular weight excluding hydrogens is 266 g/mol. The third-order valence-corrected chi connectivity index (χ3v) is 2.63. The maximum absolute atomic E-state index is 11.5. The SMILES string of the molecule is CC(CN1CCOCC1)NC(=O)NC(=O)C=CC(=O)O. The van der Waals surface area contributed by atoms with Crippen molar-refractivity contribution in [3.8, 4) is 0 Å². The molecule has 1 aliphatic rings. The van der Waals surface area contributed by atoms with Crippen LogP contribution < -0.4 is 10.6 Å². The Hall–Kier alpha value is -1.93. The zero-order valence-corrected chi connectivity index (χ0v) is 11.3. The van der Waals surface area contributed by atoms with Crippen molar-refractivity contribution in [1.29, 1.82) is 0 Å². The van der Waals surface area contributed by atoms with Crippen LogP contribution in [0.5, 0.6) is 0 Å². The van der Waals surface area contributed by atoms with Crippen LogP contribution in [0, 0.1) is 0 Å². The van der Waals surface area contributed by atoms with Gasteiger partial charge in [0.05, 0.1) is 13.2 Å². The number of urea groups is 1. The number of carbonyl (C=O) groups is 3. The van der Waals surface area contributed by atoms with E-state index in [-0.39, 0.29) is 6.04 Å². The molecule has 0 bridgehead atoms. The summed E-state index contributed by atoms with van der Waals surface area (Å²) < 4.78 is 5.22. The van der Waals surface area contributed by atoms with Crippen LogP contribution in [0.2, 0.25) is 0 Å². The highest BCUT2D eigenvalue weighted by Gasteiger charge is 2.15. The van der Waals surface area contributed by atoms with E-state index in [1.54, 1.807) is 0 Å². The lowest BCUT2D eigenvalue weighted by Crippen LogP contribution is -2.49. The molecule has 1 atom stereocenters. The maximum atomic E-state index is 11.5. The summed E-state index contributed by atoms with van der Waals surface area (Å²) in [4.78, 5) is 35.0. The molecule has 0 aromatic heterocycles. The van der Waals surface area contributed by atoms with Crippen molar-refractivity contribution in [2.45, 2.75) is 13.0 Å². The highest BCUT2D eigenvalue weighted by Crippen LogP contribution is 1.98. The number of carbonyl (C=O) groups excluding carboxylic acids is 2. The van der Waals surface area contributed by atoms with Crippen molar-refractivity contribution < 1.29 is 24.2 Å². The number of rotatable bonds is 5. The Kier molecular flexibility index (Phi) is 6.68. The number of amides is 3. The minimum atomic E-state index is -1.25. The van der Waals surface area contributed by atoms with Crippen LogP contribution in [0.25, 0.3) is 0 Å². The van der Waals surface area contributed by atoms with Crippen molar-refractivity contribution >= 4 is 17.9 Å². The van der Waals surface area contributed by atoms with E-state index in [1.165, 1.54) is 0 Å². The first kappa shape index (κ1) is 16.1. The van der Waals surface area contributed by atoms with Crippen LogP contribution in [0.1, 0.15) is 6.92 Å². The number of nitrogens with zero attached hydrogens (tertiary/aromatic N) is 1. The average Bonchev–Trinajstić information content (AvgIpc) is 2.37. The monoisotopic (exact) mass is 285 g/mol. The van der Waals surface area contributed by atoms with Crippen LogP contribution in [-0.4, -0.2) is 66.8 Å². The molecule has 1 saturated heterocycles. The molecule has 8 nitrogen and oxygen atoms in total. The molecule has 8 heteroatoms. The predicted octanol–water partition coefficient (Wildman–Crippen LogP) is -0.826. The molecule has 1 aliphatic heterocycles. The van der Waals surface area contributed by atoms with E-state index >= 15 is 0 Å². The van der Waals surface area contributed by atoms with E-state index in [2.05, 4.69) is 10.2 Å². The summed E-state index contributed by atoms with van der Waals surface area (Å²) in [5.74, 6) is -2.02. The number of hydrogen-bond acceptors (Lipinski definition) is 5. The van der Waals surface area contributed by atoms with E-state index in [1.807, 2.05) is 12.2 Å². The summed E-state index contributed by atoms with van der Waals surface area (Å²) in [6.45, 7) is 5.47. The Morgan fingerprint density at radius 1 is 1.30 bits per heavy atom. The topological polar surface area (TPSA) is 108 Å². The van der Waals surface area contributed by atoms with Gasteiger partial charge in [-0.1, -0.05) is 0 Å². The fourth-order valence-electron chi connectivity index (χ4n) is 1.78. The summed E-state index contributed by atoms with van der Waals surface area (Å²) >= 11 is 0. The highest BCUT2D eigenvalue weighted by atomic mass is 16.5. The Bertz CT molecular complexity index is 391. The molecule has 0 saturated carbocycles. The fourth-order valence-corrected chi connectivity index (χ4v) is 1.78. The fraction of sp³-hybridized carbons (Fsp3) is 0.583. The number of nitrogens with one attached hydrogen (secondary N) is 2. The van der Waals surface area contributed by atoms with E-state index in [0.717, 1.165) is 19.2 Å². The van der Waals surface area contributed by atoms with Gasteiger partial charge in [0.25, 0.3) is 5.91 Å². The first-order chi connectivity index (χ1) is 9.47. The molecule has 0 radical (unpaired) electrons. The van der Waals surface area contributed by atoms with Crippen LogP contribution in [0.15, 0.2) is 12.2 Å². The molecule has 3 N–H and O–H groups in total. The summed E-state index contributed by atoms with van der Waals surface area (Å²) in [6, 6.07) is -0.782. The Balaban J connectivity index is 2.26. The van der Waals surface area contributed by atoms with Gasteiger partial charge in [0.1, 0.15) is 0 Å². The molecule has 0 aromatic carbocycles. The minimum Gasteiger partial charge on any atom is -0.478 e. The van der Waals surface area contributed by atoms with Crippen molar-refractivity contribution in [2.24, 2.45) is 0 Å². The number of aliphatic carboxylic acids is 1. The van der Waals surface area contributed by atoms with Crippen molar-refractivity contribution in [3.05, 3.63) is 12.2 Å². The quantitative estimate of drug-likeness (QED) is 0.569. The van der Waals surface area contributed by atoms with Gasteiger partial charge in [0, 0.05) is 37.8 Å². The second-order valence-electron chi connectivity index (χ2n) is 4.45. The standard InChI is InChI=1S/C12H19N3O5/c1-9(8-15-4-6-20-7-5-15)13-12(19)14-10(16)2-3-11(17)18/h2-3,9H,4-8H2,1H3,(H,17,18)(H2,13,14,16,19). The molecule has 20 heavy (non-hydrogen) atoms. The van der Waals surface area contributed by atoms with Crippen molar-refractivity contribution in [2.75, 3.05) is 32.8 Å². The summed E-state index contributed by atoms with van der Waals surface area (Å²) in [5, 5.41) is 13.0. The molecule has 0 spiro atoms. The van der Waals surface area contributed by atoms with Gasteiger partial charge < -0.3 is 15.2 Å².